The summed E-state index contributed by atoms with van der Waals surface area (Å²) in [5.74, 6) is -0.0168. The van der Waals surface area contributed by atoms with Crippen LogP contribution in [0.5, 0.6) is 5.75 Å². The summed E-state index contributed by atoms with van der Waals surface area (Å²) < 4.78 is 5.10. The van der Waals surface area contributed by atoms with E-state index in [1.165, 1.54) is 0 Å². The highest BCUT2D eigenvalue weighted by atomic mass is 16.5. The van der Waals surface area contributed by atoms with Crippen molar-refractivity contribution in [2.75, 3.05) is 13.7 Å². The highest BCUT2D eigenvalue weighted by Gasteiger charge is 2.35. The SMILES string of the molecule is COc1ccc([C@H](C)N2CC(C(N)=O)CC2=O)cc1. The molecule has 2 N–H and O–H groups in total. The zero-order valence-electron chi connectivity index (χ0n) is 11.1. The fraction of sp³-hybridized carbons (Fsp3) is 0.429. The van der Waals surface area contributed by atoms with E-state index >= 15 is 0 Å². The second-order valence-corrected chi connectivity index (χ2v) is 4.80. The first-order chi connectivity index (χ1) is 9.02. The summed E-state index contributed by atoms with van der Waals surface area (Å²) >= 11 is 0. The molecule has 5 nitrogen and oxygen atoms in total. The van der Waals surface area contributed by atoms with Crippen LogP contribution in [0, 0.1) is 5.92 Å². The van der Waals surface area contributed by atoms with E-state index < -0.39 is 5.91 Å². The van der Waals surface area contributed by atoms with Gasteiger partial charge in [0.15, 0.2) is 0 Å². The predicted molar refractivity (Wildman–Crippen MR) is 70.4 cm³/mol. The molecule has 19 heavy (non-hydrogen) atoms. The normalized spacial score (nSPS) is 20.4. The number of carbonyl (C=O) groups is 2. The summed E-state index contributed by atoms with van der Waals surface area (Å²) in [5.41, 5.74) is 6.28. The van der Waals surface area contributed by atoms with Crippen LogP contribution in [0.15, 0.2) is 24.3 Å². The Morgan fingerprint density at radius 2 is 2.05 bits per heavy atom. The van der Waals surface area contributed by atoms with E-state index in [4.69, 9.17) is 10.5 Å². The van der Waals surface area contributed by atoms with Gasteiger partial charge < -0.3 is 15.4 Å². The van der Waals surface area contributed by atoms with Crippen LogP contribution in [-0.2, 0) is 9.59 Å². The lowest BCUT2D eigenvalue weighted by Crippen LogP contribution is -2.30. The van der Waals surface area contributed by atoms with Gasteiger partial charge in [-0.2, -0.15) is 0 Å². The van der Waals surface area contributed by atoms with Crippen molar-refractivity contribution in [1.82, 2.24) is 4.90 Å². The van der Waals surface area contributed by atoms with Gasteiger partial charge in [-0.3, -0.25) is 9.59 Å². The van der Waals surface area contributed by atoms with Crippen LogP contribution in [0.4, 0.5) is 0 Å². The Morgan fingerprint density at radius 1 is 1.42 bits per heavy atom. The number of rotatable bonds is 4. The molecule has 2 rings (SSSR count). The van der Waals surface area contributed by atoms with Crippen molar-refractivity contribution in [3.05, 3.63) is 29.8 Å². The number of carbonyl (C=O) groups excluding carboxylic acids is 2. The number of amides is 2. The second kappa shape index (κ2) is 5.30. The molecule has 2 amide bonds. The van der Waals surface area contributed by atoms with E-state index in [1.54, 1.807) is 12.0 Å². The van der Waals surface area contributed by atoms with Gasteiger partial charge in [-0.1, -0.05) is 12.1 Å². The van der Waals surface area contributed by atoms with Gasteiger partial charge in [0.25, 0.3) is 0 Å². The van der Waals surface area contributed by atoms with E-state index in [1.807, 2.05) is 31.2 Å². The molecule has 0 bridgehead atoms. The summed E-state index contributed by atoms with van der Waals surface area (Å²) in [5, 5.41) is 0. The molecule has 1 aliphatic rings. The largest absolute Gasteiger partial charge is 0.497 e. The third-order valence-electron chi connectivity index (χ3n) is 3.63. The molecule has 1 unspecified atom stereocenters. The highest BCUT2D eigenvalue weighted by Crippen LogP contribution is 2.29. The lowest BCUT2D eigenvalue weighted by Gasteiger charge is -2.25. The quantitative estimate of drug-likeness (QED) is 0.882. The first-order valence-electron chi connectivity index (χ1n) is 6.25. The maximum Gasteiger partial charge on any atom is 0.223 e. The van der Waals surface area contributed by atoms with Gasteiger partial charge in [0.05, 0.1) is 19.1 Å². The molecule has 1 aliphatic heterocycles. The van der Waals surface area contributed by atoms with Crippen molar-refractivity contribution in [2.24, 2.45) is 11.7 Å². The standard InChI is InChI=1S/C14H18N2O3/c1-9(10-3-5-12(19-2)6-4-10)16-8-11(14(15)18)7-13(16)17/h3-6,9,11H,7-8H2,1-2H3,(H2,15,18)/t9-,11?/m0/s1. The maximum absolute atomic E-state index is 11.9. The highest BCUT2D eigenvalue weighted by molar-refractivity contribution is 5.88. The molecule has 0 aliphatic carbocycles. The zero-order chi connectivity index (χ0) is 14.0. The average molecular weight is 262 g/mol. The van der Waals surface area contributed by atoms with Crippen molar-refractivity contribution >= 4 is 11.8 Å². The minimum atomic E-state index is -0.405. The van der Waals surface area contributed by atoms with E-state index in [9.17, 15) is 9.59 Å². The Kier molecular flexibility index (Phi) is 3.74. The third-order valence-corrected chi connectivity index (χ3v) is 3.63. The first-order valence-corrected chi connectivity index (χ1v) is 6.25. The van der Waals surface area contributed by atoms with Crippen molar-refractivity contribution < 1.29 is 14.3 Å². The molecule has 2 atom stereocenters. The number of likely N-dealkylation sites (tertiary alicyclic amines) is 1. The summed E-state index contributed by atoms with van der Waals surface area (Å²) in [6.07, 6.45) is 0.218. The van der Waals surface area contributed by atoms with E-state index in [0.29, 0.717) is 6.54 Å². The van der Waals surface area contributed by atoms with E-state index in [2.05, 4.69) is 0 Å². The first kappa shape index (κ1) is 13.4. The molecule has 1 heterocycles. The summed E-state index contributed by atoms with van der Waals surface area (Å²) in [6, 6.07) is 7.50. The molecule has 1 fully saturated rings. The van der Waals surface area contributed by atoms with Crippen molar-refractivity contribution in [3.63, 3.8) is 0 Å². The lowest BCUT2D eigenvalue weighted by atomic mass is 10.1. The lowest BCUT2D eigenvalue weighted by molar-refractivity contribution is -0.130. The number of hydrogen-bond acceptors (Lipinski definition) is 3. The van der Waals surface area contributed by atoms with Crippen LogP contribution >= 0.6 is 0 Å². The predicted octanol–water partition coefficient (Wildman–Crippen LogP) is 1.09. The van der Waals surface area contributed by atoms with E-state index in [0.717, 1.165) is 11.3 Å². The van der Waals surface area contributed by atoms with Crippen molar-refractivity contribution in [2.45, 2.75) is 19.4 Å². The Morgan fingerprint density at radius 3 is 2.53 bits per heavy atom. The Hall–Kier alpha value is -2.04. The van der Waals surface area contributed by atoms with Crippen LogP contribution in [0.2, 0.25) is 0 Å². The minimum Gasteiger partial charge on any atom is -0.497 e. The third kappa shape index (κ3) is 2.70. The van der Waals surface area contributed by atoms with Gasteiger partial charge in [0.1, 0.15) is 5.75 Å². The van der Waals surface area contributed by atoms with E-state index in [-0.39, 0.29) is 24.3 Å². The fourth-order valence-corrected chi connectivity index (χ4v) is 2.36. The molecule has 0 saturated carbocycles. The van der Waals surface area contributed by atoms with Crippen molar-refractivity contribution in [1.29, 1.82) is 0 Å². The molecular formula is C14H18N2O3. The number of benzene rings is 1. The summed E-state index contributed by atoms with van der Waals surface area (Å²) in [4.78, 5) is 24.8. The monoisotopic (exact) mass is 262 g/mol. The number of ether oxygens (including phenoxy) is 1. The van der Waals surface area contributed by atoms with Gasteiger partial charge in [-0.15, -0.1) is 0 Å². The Labute approximate surface area is 112 Å². The maximum atomic E-state index is 11.9. The second-order valence-electron chi connectivity index (χ2n) is 4.80. The van der Waals surface area contributed by atoms with Gasteiger partial charge in [0.2, 0.25) is 11.8 Å². The number of hydrogen-bond donors (Lipinski definition) is 1. The number of nitrogens with zero attached hydrogens (tertiary/aromatic N) is 1. The molecule has 102 valence electrons. The molecular weight excluding hydrogens is 244 g/mol. The molecule has 1 aromatic rings. The van der Waals surface area contributed by atoms with Crippen LogP contribution in [0.3, 0.4) is 0 Å². The number of nitrogens with two attached hydrogens (primary N) is 1. The van der Waals surface area contributed by atoms with Crippen LogP contribution in [-0.4, -0.2) is 30.4 Å². The fourth-order valence-electron chi connectivity index (χ4n) is 2.36. The Balaban J connectivity index is 2.12. The van der Waals surface area contributed by atoms with Crippen LogP contribution < -0.4 is 10.5 Å². The van der Waals surface area contributed by atoms with Gasteiger partial charge in [-0.25, -0.2) is 0 Å². The molecule has 0 radical (unpaired) electrons. The molecule has 1 aromatic carbocycles. The van der Waals surface area contributed by atoms with Crippen LogP contribution in [0.25, 0.3) is 0 Å². The summed E-state index contributed by atoms with van der Waals surface area (Å²) in [7, 11) is 1.61. The number of methoxy groups -OCH3 is 1. The van der Waals surface area contributed by atoms with Gasteiger partial charge in [-0.05, 0) is 24.6 Å². The topological polar surface area (TPSA) is 72.6 Å². The smallest absolute Gasteiger partial charge is 0.223 e. The Bertz CT molecular complexity index is 484. The van der Waals surface area contributed by atoms with Gasteiger partial charge >= 0.3 is 0 Å². The minimum absolute atomic E-state index is 0.0212. The van der Waals surface area contributed by atoms with Crippen molar-refractivity contribution in [3.8, 4) is 5.75 Å². The summed E-state index contributed by atoms with van der Waals surface area (Å²) in [6.45, 7) is 2.35. The molecule has 0 spiro atoms. The molecule has 5 heteroatoms. The van der Waals surface area contributed by atoms with Crippen LogP contribution in [0.1, 0.15) is 24.9 Å². The van der Waals surface area contributed by atoms with Gasteiger partial charge in [0, 0.05) is 13.0 Å². The molecule has 0 aromatic heterocycles. The molecule has 1 saturated heterocycles. The number of primary amides is 1. The zero-order valence-corrected chi connectivity index (χ0v) is 11.1. The average Bonchev–Trinajstić information content (AvgIpc) is 2.80.